The minimum Gasteiger partial charge on any atom is -0.207 e. The van der Waals surface area contributed by atoms with Gasteiger partial charge in [0.25, 0.3) is 0 Å². The number of hydrogen-bond acceptors (Lipinski definition) is 2. The van der Waals surface area contributed by atoms with E-state index >= 15 is 0 Å². The third-order valence-electron chi connectivity index (χ3n) is 2.72. The van der Waals surface area contributed by atoms with Crippen LogP contribution >= 0.6 is 0 Å². The first kappa shape index (κ1) is 9.90. The van der Waals surface area contributed by atoms with Gasteiger partial charge in [0.15, 0.2) is 0 Å². The van der Waals surface area contributed by atoms with E-state index in [0.29, 0.717) is 0 Å². The maximum Gasteiger partial charge on any atom is 0.123 e. The minimum atomic E-state index is -0.222. The molecule has 0 aliphatic rings. The highest BCUT2D eigenvalue weighted by molar-refractivity contribution is 5.85. The minimum absolute atomic E-state index is 0.222. The molecule has 0 spiro atoms. The first-order chi connectivity index (χ1) is 8.33. The van der Waals surface area contributed by atoms with Crippen LogP contribution in [0, 0.1) is 5.82 Å². The zero-order valence-electron chi connectivity index (χ0n) is 8.97. The summed E-state index contributed by atoms with van der Waals surface area (Å²) in [6, 6.07) is 12.5. The third kappa shape index (κ3) is 1.87. The van der Waals surface area contributed by atoms with Gasteiger partial charge in [-0.3, -0.25) is 0 Å². The van der Waals surface area contributed by atoms with Crippen molar-refractivity contribution in [2.75, 3.05) is 0 Å². The highest BCUT2D eigenvalue weighted by Crippen LogP contribution is 2.23. The third-order valence-corrected chi connectivity index (χ3v) is 2.72. The monoisotopic (exact) mass is 224 g/mol. The molecule has 0 N–H and O–H groups in total. The van der Waals surface area contributed by atoms with Crippen molar-refractivity contribution in [3.8, 4) is 11.1 Å². The quantitative estimate of drug-likeness (QED) is 0.632. The van der Waals surface area contributed by atoms with Crippen LogP contribution in [0.2, 0.25) is 0 Å². The molecule has 0 saturated carbocycles. The molecular weight excluding hydrogens is 215 g/mol. The molecule has 17 heavy (non-hydrogen) atoms. The maximum atomic E-state index is 12.8. The molecule has 3 rings (SSSR count). The summed E-state index contributed by atoms with van der Waals surface area (Å²) < 4.78 is 12.8. The van der Waals surface area contributed by atoms with Crippen LogP contribution in [0.1, 0.15) is 0 Å². The molecule has 82 valence electrons. The number of aromatic nitrogens is 2. The van der Waals surface area contributed by atoms with Crippen molar-refractivity contribution >= 4 is 10.8 Å². The van der Waals surface area contributed by atoms with Crippen LogP contribution in [-0.2, 0) is 0 Å². The van der Waals surface area contributed by atoms with E-state index in [9.17, 15) is 4.39 Å². The number of rotatable bonds is 1. The molecule has 0 atom stereocenters. The van der Waals surface area contributed by atoms with Crippen LogP contribution in [0.4, 0.5) is 4.39 Å². The predicted octanol–water partition coefficient (Wildman–Crippen LogP) is 3.44. The van der Waals surface area contributed by atoms with E-state index in [1.807, 2.05) is 18.2 Å². The van der Waals surface area contributed by atoms with Gasteiger partial charge < -0.3 is 0 Å². The van der Waals surface area contributed by atoms with Crippen LogP contribution in [0.3, 0.4) is 0 Å². The predicted molar refractivity (Wildman–Crippen MR) is 64.9 cm³/mol. The smallest absolute Gasteiger partial charge is 0.123 e. The lowest BCUT2D eigenvalue weighted by atomic mass is 10.0. The molecule has 0 unspecified atom stereocenters. The number of hydrogen-bond donors (Lipinski definition) is 0. The van der Waals surface area contributed by atoms with E-state index in [1.165, 1.54) is 12.1 Å². The lowest BCUT2D eigenvalue weighted by Crippen LogP contribution is -1.83. The number of nitrogens with zero attached hydrogens (tertiary/aromatic N) is 2. The molecule has 1 aromatic heterocycles. The normalized spacial score (nSPS) is 10.6. The van der Waals surface area contributed by atoms with Crippen molar-refractivity contribution in [1.82, 2.24) is 10.2 Å². The van der Waals surface area contributed by atoms with Gasteiger partial charge in [0.2, 0.25) is 0 Å². The SMILES string of the molecule is Fc1ccc(-c2ccc3cnncc3c2)cc1. The summed E-state index contributed by atoms with van der Waals surface area (Å²) in [4.78, 5) is 0. The molecule has 2 nitrogen and oxygen atoms in total. The standard InChI is InChI=1S/C14H9FN2/c15-14-5-3-10(4-6-14)11-1-2-12-8-16-17-9-13(12)7-11/h1-9H. The largest absolute Gasteiger partial charge is 0.207 e. The molecule has 0 bridgehead atoms. The molecule has 0 radical (unpaired) electrons. The van der Waals surface area contributed by atoms with Gasteiger partial charge in [-0.1, -0.05) is 24.3 Å². The first-order valence-corrected chi connectivity index (χ1v) is 5.29. The van der Waals surface area contributed by atoms with Gasteiger partial charge in [-0.25, -0.2) is 4.39 Å². The fraction of sp³-hybridized carbons (Fsp3) is 0. The Balaban J connectivity index is 2.14. The van der Waals surface area contributed by atoms with Crippen LogP contribution in [-0.4, -0.2) is 10.2 Å². The topological polar surface area (TPSA) is 25.8 Å². The Morgan fingerprint density at radius 3 is 2.12 bits per heavy atom. The average molecular weight is 224 g/mol. The Bertz CT molecular complexity index is 662. The van der Waals surface area contributed by atoms with E-state index in [0.717, 1.165) is 21.9 Å². The molecule has 0 saturated heterocycles. The Morgan fingerprint density at radius 2 is 1.35 bits per heavy atom. The second-order valence-corrected chi connectivity index (χ2v) is 3.84. The van der Waals surface area contributed by atoms with Gasteiger partial charge in [0, 0.05) is 10.8 Å². The summed E-state index contributed by atoms with van der Waals surface area (Å²) in [6.45, 7) is 0. The van der Waals surface area contributed by atoms with E-state index in [2.05, 4.69) is 10.2 Å². The van der Waals surface area contributed by atoms with Crippen molar-refractivity contribution in [3.05, 3.63) is 60.7 Å². The summed E-state index contributed by atoms with van der Waals surface area (Å²) in [5.41, 5.74) is 2.04. The summed E-state index contributed by atoms with van der Waals surface area (Å²) in [7, 11) is 0. The maximum absolute atomic E-state index is 12.8. The molecule has 3 aromatic rings. The van der Waals surface area contributed by atoms with Gasteiger partial charge in [-0.05, 0) is 29.3 Å². The molecule has 0 aliphatic carbocycles. The van der Waals surface area contributed by atoms with Crippen molar-refractivity contribution < 1.29 is 4.39 Å². The highest BCUT2D eigenvalue weighted by atomic mass is 19.1. The number of benzene rings is 2. The first-order valence-electron chi connectivity index (χ1n) is 5.29. The average Bonchev–Trinajstić information content (AvgIpc) is 2.39. The fourth-order valence-electron chi connectivity index (χ4n) is 1.82. The van der Waals surface area contributed by atoms with Crippen molar-refractivity contribution in [3.63, 3.8) is 0 Å². The van der Waals surface area contributed by atoms with Gasteiger partial charge >= 0.3 is 0 Å². The van der Waals surface area contributed by atoms with Crippen LogP contribution in [0.5, 0.6) is 0 Å². The lowest BCUT2D eigenvalue weighted by molar-refractivity contribution is 0.628. The number of halogens is 1. The molecule has 0 fully saturated rings. The summed E-state index contributed by atoms with van der Waals surface area (Å²) in [6.07, 6.45) is 3.45. The number of fused-ring (bicyclic) bond motifs is 1. The zero-order valence-corrected chi connectivity index (χ0v) is 8.97. The van der Waals surface area contributed by atoms with Crippen molar-refractivity contribution in [1.29, 1.82) is 0 Å². The summed E-state index contributed by atoms with van der Waals surface area (Å²) in [5.74, 6) is -0.222. The Kier molecular flexibility index (Phi) is 2.29. The second kappa shape index (κ2) is 3.94. The molecule has 0 aliphatic heterocycles. The van der Waals surface area contributed by atoms with Crippen LogP contribution in [0.25, 0.3) is 21.9 Å². The van der Waals surface area contributed by atoms with E-state index in [-0.39, 0.29) is 5.82 Å². The van der Waals surface area contributed by atoms with Gasteiger partial charge in [0.1, 0.15) is 5.82 Å². The van der Waals surface area contributed by atoms with Gasteiger partial charge in [0.05, 0.1) is 12.4 Å². The molecule has 2 aromatic carbocycles. The molecular formula is C14H9FN2. The Labute approximate surface area is 97.7 Å². The van der Waals surface area contributed by atoms with Crippen LogP contribution in [0.15, 0.2) is 54.9 Å². The lowest BCUT2D eigenvalue weighted by Gasteiger charge is -2.03. The Morgan fingerprint density at radius 1 is 0.706 bits per heavy atom. The molecule has 1 heterocycles. The van der Waals surface area contributed by atoms with Crippen molar-refractivity contribution in [2.24, 2.45) is 0 Å². The Hall–Kier alpha value is -2.29. The zero-order chi connectivity index (χ0) is 11.7. The summed E-state index contributed by atoms with van der Waals surface area (Å²) >= 11 is 0. The summed E-state index contributed by atoms with van der Waals surface area (Å²) in [5, 5.41) is 9.76. The fourth-order valence-corrected chi connectivity index (χ4v) is 1.82. The van der Waals surface area contributed by atoms with E-state index < -0.39 is 0 Å². The van der Waals surface area contributed by atoms with E-state index in [4.69, 9.17) is 0 Å². The molecule has 0 amide bonds. The highest BCUT2D eigenvalue weighted by Gasteiger charge is 2.00. The van der Waals surface area contributed by atoms with Gasteiger partial charge in [-0.15, -0.1) is 0 Å². The van der Waals surface area contributed by atoms with E-state index in [1.54, 1.807) is 24.5 Å². The van der Waals surface area contributed by atoms with Crippen molar-refractivity contribution in [2.45, 2.75) is 0 Å². The van der Waals surface area contributed by atoms with Gasteiger partial charge in [-0.2, -0.15) is 10.2 Å². The van der Waals surface area contributed by atoms with Crippen LogP contribution < -0.4 is 0 Å². The molecule has 3 heteroatoms. The second-order valence-electron chi connectivity index (χ2n) is 3.84.